The highest BCUT2D eigenvalue weighted by molar-refractivity contribution is 5.87. The van der Waals surface area contributed by atoms with E-state index >= 15 is 0 Å². The van der Waals surface area contributed by atoms with E-state index in [0.717, 1.165) is 0 Å². The molecule has 0 spiro atoms. The Morgan fingerprint density at radius 2 is 2.33 bits per heavy atom. The third kappa shape index (κ3) is 3.53. The lowest BCUT2D eigenvalue weighted by Gasteiger charge is -1.92. The molecular weight excluding hydrogens is 114 g/mol. The molecule has 0 bridgehead atoms. The Bertz CT molecular complexity index is 136. The van der Waals surface area contributed by atoms with Crippen LogP contribution < -0.4 is 0 Å². The number of allylic oxidation sites excluding steroid dienone is 1. The molecule has 0 amide bonds. The van der Waals surface area contributed by atoms with Crippen molar-refractivity contribution in [2.24, 2.45) is 4.99 Å². The Labute approximate surface area is 55.6 Å². The summed E-state index contributed by atoms with van der Waals surface area (Å²) in [7, 11) is 1.56. The summed E-state index contributed by atoms with van der Waals surface area (Å²) in [6, 6.07) is 0. The molecule has 0 heterocycles. The van der Waals surface area contributed by atoms with E-state index in [4.69, 9.17) is 4.74 Å². The molecule has 0 saturated heterocycles. The van der Waals surface area contributed by atoms with E-state index in [0.29, 0.717) is 5.90 Å². The van der Waals surface area contributed by atoms with Crippen LogP contribution >= 0.6 is 0 Å². The minimum Gasteiger partial charge on any atom is -0.481 e. The first-order valence-corrected chi connectivity index (χ1v) is 2.70. The summed E-state index contributed by atoms with van der Waals surface area (Å²) in [6.45, 7) is 5.38. The Morgan fingerprint density at radius 1 is 1.67 bits per heavy atom. The molecule has 0 saturated carbocycles. The minimum atomic E-state index is 0.535. The van der Waals surface area contributed by atoms with Gasteiger partial charge in [0.05, 0.1) is 7.11 Å². The SMILES string of the molecule is C=CC(=N/C=C\C)OC. The third-order valence-electron chi connectivity index (χ3n) is 0.735. The summed E-state index contributed by atoms with van der Waals surface area (Å²) in [5, 5.41) is 0. The van der Waals surface area contributed by atoms with Gasteiger partial charge in [-0.05, 0) is 13.0 Å². The van der Waals surface area contributed by atoms with Gasteiger partial charge in [0.15, 0.2) is 0 Å². The Hall–Kier alpha value is -1.05. The maximum Gasteiger partial charge on any atom is 0.212 e. The Kier molecular flexibility index (Phi) is 4.50. The summed E-state index contributed by atoms with van der Waals surface area (Å²) >= 11 is 0. The van der Waals surface area contributed by atoms with Crippen molar-refractivity contribution in [1.82, 2.24) is 0 Å². The van der Waals surface area contributed by atoms with Gasteiger partial charge in [0, 0.05) is 6.20 Å². The van der Waals surface area contributed by atoms with E-state index < -0.39 is 0 Å². The van der Waals surface area contributed by atoms with E-state index in [2.05, 4.69) is 11.6 Å². The molecule has 2 nitrogen and oxygen atoms in total. The number of aliphatic imine (C=N–C) groups is 1. The van der Waals surface area contributed by atoms with Crippen molar-refractivity contribution >= 4 is 5.90 Å². The van der Waals surface area contributed by atoms with Gasteiger partial charge < -0.3 is 4.74 Å². The molecule has 0 rings (SSSR count). The lowest BCUT2D eigenvalue weighted by molar-refractivity contribution is 0.407. The van der Waals surface area contributed by atoms with Gasteiger partial charge in [0.1, 0.15) is 0 Å². The quantitative estimate of drug-likeness (QED) is 0.407. The van der Waals surface area contributed by atoms with Gasteiger partial charge in [-0.25, -0.2) is 4.99 Å². The second kappa shape index (κ2) is 5.09. The lowest BCUT2D eigenvalue weighted by Crippen LogP contribution is -1.93. The molecule has 0 aliphatic rings. The van der Waals surface area contributed by atoms with Gasteiger partial charge in [-0.3, -0.25) is 0 Å². The van der Waals surface area contributed by atoms with Gasteiger partial charge in [-0.15, -0.1) is 0 Å². The molecule has 50 valence electrons. The van der Waals surface area contributed by atoms with Crippen LogP contribution in [0.4, 0.5) is 0 Å². The minimum absolute atomic E-state index is 0.535. The fourth-order valence-corrected chi connectivity index (χ4v) is 0.337. The van der Waals surface area contributed by atoms with Gasteiger partial charge in [0.25, 0.3) is 0 Å². The van der Waals surface area contributed by atoms with E-state index in [-0.39, 0.29) is 0 Å². The highest BCUT2D eigenvalue weighted by atomic mass is 16.5. The fraction of sp³-hybridized carbons (Fsp3) is 0.286. The van der Waals surface area contributed by atoms with Crippen LogP contribution in [0.5, 0.6) is 0 Å². The van der Waals surface area contributed by atoms with Crippen molar-refractivity contribution in [2.75, 3.05) is 7.11 Å². The maximum absolute atomic E-state index is 4.78. The molecule has 0 aliphatic carbocycles. The van der Waals surface area contributed by atoms with E-state index in [1.807, 2.05) is 13.0 Å². The summed E-state index contributed by atoms with van der Waals surface area (Å²) in [5.74, 6) is 0.535. The summed E-state index contributed by atoms with van der Waals surface area (Å²) in [4.78, 5) is 3.88. The third-order valence-corrected chi connectivity index (χ3v) is 0.735. The number of hydrogen-bond donors (Lipinski definition) is 0. The van der Waals surface area contributed by atoms with Crippen LogP contribution in [0.1, 0.15) is 6.92 Å². The Balaban J connectivity index is 3.90. The normalized spacial score (nSPS) is 12.0. The molecule has 9 heavy (non-hydrogen) atoms. The van der Waals surface area contributed by atoms with Gasteiger partial charge >= 0.3 is 0 Å². The van der Waals surface area contributed by atoms with Crippen molar-refractivity contribution in [3.63, 3.8) is 0 Å². The van der Waals surface area contributed by atoms with Crippen molar-refractivity contribution in [2.45, 2.75) is 6.92 Å². The van der Waals surface area contributed by atoms with Crippen LogP contribution in [0, 0.1) is 0 Å². The zero-order valence-corrected chi connectivity index (χ0v) is 5.79. The zero-order valence-electron chi connectivity index (χ0n) is 5.79. The molecule has 0 aliphatic heterocycles. The van der Waals surface area contributed by atoms with Crippen LogP contribution in [0.15, 0.2) is 29.9 Å². The maximum atomic E-state index is 4.78. The van der Waals surface area contributed by atoms with Crippen molar-refractivity contribution in [1.29, 1.82) is 0 Å². The second-order valence-corrected chi connectivity index (χ2v) is 1.36. The Morgan fingerprint density at radius 3 is 2.67 bits per heavy atom. The number of rotatable bonds is 2. The first-order chi connectivity index (χ1) is 4.35. The van der Waals surface area contributed by atoms with Crippen LogP contribution in [0.3, 0.4) is 0 Å². The molecule has 0 aromatic heterocycles. The predicted molar refractivity (Wildman–Crippen MR) is 39.5 cm³/mol. The monoisotopic (exact) mass is 125 g/mol. The molecular formula is C7H11NO. The van der Waals surface area contributed by atoms with Crippen molar-refractivity contribution < 1.29 is 4.74 Å². The first-order valence-electron chi connectivity index (χ1n) is 2.70. The van der Waals surface area contributed by atoms with Crippen LogP contribution in [-0.2, 0) is 4.74 Å². The van der Waals surface area contributed by atoms with Gasteiger partial charge in [-0.1, -0.05) is 12.7 Å². The zero-order chi connectivity index (χ0) is 7.11. The number of methoxy groups -OCH3 is 1. The van der Waals surface area contributed by atoms with Crippen LogP contribution in [-0.4, -0.2) is 13.0 Å². The van der Waals surface area contributed by atoms with E-state index in [9.17, 15) is 0 Å². The molecule has 0 N–H and O–H groups in total. The molecule has 0 fully saturated rings. The standard InChI is InChI=1S/C7H11NO/c1-4-6-8-7(5-2)9-3/h4-6H,2H2,1,3H3/b6-4-,8-7?. The number of nitrogens with zero attached hydrogens (tertiary/aromatic N) is 1. The topological polar surface area (TPSA) is 21.6 Å². The molecule has 0 aromatic carbocycles. The van der Waals surface area contributed by atoms with Crippen molar-refractivity contribution in [3.8, 4) is 0 Å². The molecule has 2 heteroatoms. The molecule has 0 aromatic rings. The van der Waals surface area contributed by atoms with Gasteiger partial charge in [0.2, 0.25) is 5.90 Å². The number of hydrogen-bond acceptors (Lipinski definition) is 2. The summed E-state index contributed by atoms with van der Waals surface area (Å²) < 4.78 is 4.78. The predicted octanol–water partition coefficient (Wildman–Crippen LogP) is 1.75. The number of ether oxygens (including phenoxy) is 1. The van der Waals surface area contributed by atoms with Gasteiger partial charge in [-0.2, -0.15) is 0 Å². The fourth-order valence-electron chi connectivity index (χ4n) is 0.337. The highest BCUT2D eigenvalue weighted by Crippen LogP contribution is 1.82. The largest absolute Gasteiger partial charge is 0.481 e. The van der Waals surface area contributed by atoms with Crippen LogP contribution in [0.25, 0.3) is 0 Å². The summed E-state index contributed by atoms with van der Waals surface area (Å²) in [6.07, 6.45) is 5.03. The second-order valence-electron chi connectivity index (χ2n) is 1.36. The van der Waals surface area contributed by atoms with Crippen molar-refractivity contribution in [3.05, 3.63) is 24.9 Å². The lowest BCUT2D eigenvalue weighted by atomic mass is 10.6. The van der Waals surface area contributed by atoms with E-state index in [1.54, 1.807) is 19.4 Å². The highest BCUT2D eigenvalue weighted by Gasteiger charge is 1.82. The first kappa shape index (κ1) is 7.95. The molecule has 0 unspecified atom stereocenters. The average molecular weight is 125 g/mol. The van der Waals surface area contributed by atoms with E-state index in [1.165, 1.54) is 0 Å². The average Bonchev–Trinajstić information content (AvgIpc) is 1.91. The molecule has 0 atom stereocenters. The molecule has 0 radical (unpaired) electrons. The smallest absolute Gasteiger partial charge is 0.212 e. The van der Waals surface area contributed by atoms with Crippen LogP contribution in [0.2, 0.25) is 0 Å². The summed E-state index contributed by atoms with van der Waals surface area (Å²) in [5.41, 5.74) is 0.